The minimum Gasteiger partial charge on any atom is -0.493 e. The second-order valence-electron chi connectivity index (χ2n) is 4.54. The number of para-hydroxylation sites is 1. The molecule has 0 aliphatic carbocycles. The van der Waals surface area contributed by atoms with Crippen LogP contribution in [0.5, 0.6) is 5.75 Å². The third-order valence-corrected chi connectivity index (χ3v) is 5.73. The Morgan fingerprint density at radius 1 is 1.17 bits per heavy atom. The lowest BCUT2D eigenvalue weighted by molar-refractivity contribution is 0.343. The minimum atomic E-state index is 0.624. The SMILES string of the molecule is S=c1sc(SCCOc2cccc(Br)c2)nn1-c1ccccc1. The minimum absolute atomic E-state index is 0.624. The van der Waals surface area contributed by atoms with Gasteiger partial charge in [-0.1, -0.05) is 63.3 Å². The van der Waals surface area contributed by atoms with Gasteiger partial charge in [-0.3, -0.25) is 0 Å². The summed E-state index contributed by atoms with van der Waals surface area (Å²) < 4.78 is 10.3. The van der Waals surface area contributed by atoms with Gasteiger partial charge in [-0.05, 0) is 42.5 Å². The summed E-state index contributed by atoms with van der Waals surface area (Å²) in [6, 6.07) is 17.8. The summed E-state index contributed by atoms with van der Waals surface area (Å²) in [5.41, 5.74) is 0.992. The maximum atomic E-state index is 5.72. The first-order valence-electron chi connectivity index (χ1n) is 6.89. The lowest BCUT2D eigenvalue weighted by Gasteiger charge is -2.05. The molecule has 0 bridgehead atoms. The highest BCUT2D eigenvalue weighted by molar-refractivity contribution is 9.10. The van der Waals surface area contributed by atoms with Crippen molar-refractivity contribution >= 4 is 51.2 Å². The predicted molar refractivity (Wildman–Crippen MR) is 103 cm³/mol. The van der Waals surface area contributed by atoms with Crippen LogP contribution in [0.1, 0.15) is 0 Å². The van der Waals surface area contributed by atoms with Crippen LogP contribution in [-0.2, 0) is 0 Å². The molecule has 3 aromatic rings. The van der Waals surface area contributed by atoms with Gasteiger partial charge in [0.15, 0.2) is 8.29 Å². The summed E-state index contributed by atoms with van der Waals surface area (Å²) in [4.78, 5) is 0. The van der Waals surface area contributed by atoms with Gasteiger partial charge in [0.2, 0.25) is 0 Å². The van der Waals surface area contributed by atoms with E-state index in [0.29, 0.717) is 6.61 Å². The Morgan fingerprint density at radius 3 is 2.78 bits per heavy atom. The number of benzene rings is 2. The Bertz CT molecular complexity index is 833. The number of thioether (sulfide) groups is 1. The second-order valence-corrected chi connectivity index (χ2v) is 8.42. The number of ether oxygens (including phenoxy) is 1. The molecule has 0 fully saturated rings. The molecule has 0 radical (unpaired) electrons. The van der Waals surface area contributed by atoms with Crippen molar-refractivity contribution in [2.24, 2.45) is 0 Å². The second kappa shape index (κ2) is 8.10. The first kappa shape index (κ1) is 16.7. The summed E-state index contributed by atoms with van der Waals surface area (Å²) in [6.45, 7) is 0.624. The molecule has 0 unspecified atom stereocenters. The zero-order valence-corrected chi connectivity index (χ0v) is 16.1. The summed E-state index contributed by atoms with van der Waals surface area (Å²) in [5, 5.41) is 4.57. The third kappa shape index (κ3) is 4.67. The third-order valence-electron chi connectivity index (χ3n) is 2.90. The summed E-state index contributed by atoms with van der Waals surface area (Å²) >= 11 is 12.0. The van der Waals surface area contributed by atoms with Crippen LogP contribution in [0.25, 0.3) is 5.69 Å². The molecule has 0 saturated carbocycles. The standard InChI is InChI=1S/C16H13BrN2OS3/c17-12-5-4-8-14(11-12)20-9-10-22-15-18-19(16(21)23-15)13-6-2-1-3-7-13/h1-8,11H,9-10H2. The summed E-state index contributed by atoms with van der Waals surface area (Å²) in [7, 11) is 0. The van der Waals surface area contributed by atoms with E-state index < -0.39 is 0 Å². The van der Waals surface area contributed by atoms with Gasteiger partial charge in [-0.2, -0.15) is 0 Å². The number of nitrogens with zero attached hydrogens (tertiary/aromatic N) is 2. The van der Waals surface area contributed by atoms with Crippen LogP contribution >= 0.6 is 51.2 Å². The van der Waals surface area contributed by atoms with Crippen LogP contribution < -0.4 is 4.74 Å². The molecule has 0 aliphatic heterocycles. The van der Waals surface area contributed by atoms with Crippen molar-refractivity contribution in [3.05, 3.63) is 63.0 Å². The maximum Gasteiger partial charge on any atom is 0.184 e. The van der Waals surface area contributed by atoms with Crippen LogP contribution in [0.3, 0.4) is 0 Å². The first-order valence-corrected chi connectivity index (χ1v) is 9.89. The number of rotatable bonds is 6. The molecule has 23 heavy (non-hydrogen) atoms. The molecule has 1 heterocycles. The molecular formula is C16H13BrN2OS3. The zero-order chi connectivity index (χ0) is 16.1. The van der Waals surface area contributed by atoms with Gasteiger partial charge in [0, 0.05) is 10.2 Å². The highest BCUT2D eigenvalue weighted by atomic mass is 79.9. The van der Waals surface area contributed by atoms with E-state index in [9.17, 15) is 0 Å². The molecule has 0 saturated heterocycles. The van der Waals surface area contributed by atoms with Gasteiger partial charge in [0.1, 0.15) is 5.75 Å². The molecule has 0 atom stereocenters. The number of halogens is 1. The van der Waals surface area contributed by atoms with Crippen LogP contribution in [0.2, 0.25) is 0 Å². The van der Waals surface area contributed by atoms with Gasteiger partial charge in [-0.25, -0.2) is 4.68 Å². The average molecular weight is 425 g/mol. The molecule has 0 amide bonds. The Labute approximate surface area is 156 Å². The Kier molecular flexibility index (Phi) is 5.88. The van der Waals surface area contributed by atoms with Gasteiger partial charge in [0.05, 0.1) is 12.3 Å². The molecule has 0 aliphatic rings. The van der Waals surface area contributed by atoms with E-state index in [1.165, 1.54) is 11.3 Å². The molecule has 118 valence electrons. The van der Waals surface area contributed by atoms with Crippen molar-refractivity contribution in [1.29, 1.82) is 0 Å². The number of hydrogen-bond donors (Lipinski definition) is 0. The topological polar surface area (TPSA) is 27.1 Å². The van der Waals surface area contributed by atoms with E-state index in [0.717, 1.165) is 30.0 Å². The molecule has 1 aromatic heterocycles. The van der Waals surface area contributed by atoms with Gasteiger partial charge in [-0.15, -0.1) is 5.10 Å². The van der Waals surface area contributed by atoms with E-state index in [-0.39, 0.29) is 0 Å². The van der Waals surface area contributed by atoms with Crippen LogP contribution in [0, 0.1) is 3.95 Å². The van der Waals surface area contributed by atoms with Crippen molar-refractivity contribution in [2.45, 2.75) is 4.34 Å². The normalized spacial score (nSPS) is 10.7. The smallest absolute Gasteiger partial charge is 0.184 e. The fourth-order valence-corrected chi connectivity index (χ4v) is 4.52. The van der Waals surface area contributed by atoms with Crippen LogP contribution in [0.15, 0.2) is 63.4 Å². The number of aromatic nitrogens is 2. The van der Waals surface area contributed by atoms with E-state index in [1.54, 1.807) is 16.4 Å². The van der Waals surface area contributed by atoms with E-state index in [1.807, 2.05) is 54.6 Å². The Balaban J connectivity index is 1.56. The van der Waals surface area contributed by atoms with E-state index in [4.69, 9.17) is 17.0 Å². The first-order chi connectivity index (χ1) is 11.2. The Hall–Kier alpha value is -1.15. The van der Waals surface area contributed by atoms with Gasteiger partial charge in [0.25, 0.3) is 0 Å². The van der Waals surface area contributed by atoms with Crippen molar-refractivity contribution in [1.82, 2.24) is 9.78 Å². The van der Waals surface area contributed by atoms with Gasteiger partial charge < -0.3 is 4.74 Å². The Morgan fingerprint density at radius 2 is 2.00 bits per heavy atom. The lowest BCUT2D eigenvalue weighted by Crippen LogP contribution is -2.00. The fraction of sp³-hybridized carbons (Fsp3) is 0.125. The van der Waals surface area contributed by atoms with Crippen LogP contribution in [-0.4, -0.2) is 22.1 Å². The molecule has 7 heteroatoms. The maximum absolute atomic E-state index is 5.72. The summed E-state index contributed by atoms with van der Waals surface area (Å²) in [5.74, 6) is 1.69. The van der Waals surface area contributed by atoms with Crippen molar-refractivity contribution < 1.29 is 4.74 Å². The lowest BCUT2D eigenvalue weighted by atomic mass is 10.3. The molecule has 0 N–H and O–H groups in total. The van der Waals surface area contributed by atoms with E-state index in [2.05, 4.69) is 21.0 Å². The molecule has 3 rings (SSSR count). The highest BCUT2D eigenvalue weighted by Crippen LogP contribution is 2.24. The largest absolute Gasteiger partial charge is 0.493 e. The molecule has 3 nitrogen and oxygen atoms in total. The molecule has 0 spiro atoms. The molecular weight excluding hydrogens is 412 g/mol. The fourth-order valence-electron chi connectivity index (χ4n) is 1.90. The van der Waals surface area contributed by atoms with E-state index >= 15 is 0 Å². The van der Waals surface area contributed by atoms with Crippen molar-refractivity contribution in [3.8, 4) is 11.4 Å². The van der Waals surface area contributed by atoms with Crippen molar-refractivity contribution in [3.63, 3.8) is 0 Å². The van der Waals surface area contributed by atoms with Crippen molar-refractivity contribution in [2.75, 3.05) is 12.4 Å². The molecule has 2 aromatic carbocycles. The quantitative estimate of drug-likeness (QED) is 0.292. The number of hydrogen-bond acceptors (Lipinski definition) is 5. The average Bonchev–Trinajstić information content (AvgIpc) is 2.93. The monoisotopic (exact) mass is 424 g/mol. The van der Waals surface area contributed by atoms with Gasteiger partial charge >= 0.3 is 0 Å². The highest BCUT2D eigenvalue weighted by Gasteiger charge is 2.06. The zero-order valence-electron chi connectivity index (χ0n) is 12.0. The predicted octanol–water partition coefficient (Wildman–Crippen LogP) is 5.60. The van der Waals surface area contributed by atoms with Crippen LogP contribution in [0.4, 0.5) is 0 Å². The summed E-state index contributed by atoms with van der Waals surface area (Å²) in [6.07, 6.45) is 0.